The lowest BCUT2D eigenvalue weighted by atomic mass is 10.1. The molecule has 0 aliphatic carbocycles. The van der Waals surface area contributed by atoms with E-state index in [2.05, 4.69) is 10.3 Å². The van der Waals surface area contributed by atoms with E-state index in [9.17, 15) is 14.4 Å². The van der Waals surface area contributed by atoms with Gasteiger partial charge in [-0.15, -0.1) is 0 Å². The quantitative estimate of drug-likeness (QED) is 0.639. The SMILES string of the molecule is O=C(COC(=O)c1cc(=O)[nH]c2ccccc12)NCCc1cccc(Cl)c1. The molecule has 6 nitrogen and oxygen atoms in total. The zero-order valence-corrected chi connectivity index (χ0v) is 15.1. The van der Waals surface area contributed by atoms with Gasteiger partial charge in [0.25, 0.3) is 5.91 Å². The summed E-state index contributed by atoms with van der Waals surface area (Å²) in [6.07, 6.45) is 0.610. The van der Waals surface area contributed by atoms with Crippen molar-refractivity contribution in [1.82, 2.24) is 10.3 Å². The smallest absolute Gasteiger partial charge is 0.339 e. The Morgan fingerprint density at radius 3 is 2.70 bits per heavy atom. The minimum atomic E-state index is -0.720. The van der Waals surface area contributed by atoms with Crippen molar-refractivity contribution in [3.63, 3.8) is 0 Å². The van der Waals surface area contributed by atoms with Crippen LogP contribution in [-0.2, 0) is 16.0 Å². The number of nitrogens with one attached hydrogen (secondary N) is 2. The van der Waals surface area contributed by atoms with Crippen molar-refractivity contribution < 1.29 is 14.3 Å². The van der Waals surface area contributed by atoms with Crippen molar-refractivity contribution >= 4 is 34.4 Å². The highest BCUT2D eigenvalue weighted by molar-refractivity contribution is 6.30. The molecule has 3 aromatic rings. The molecular formula is C20H17ClN2O4. The van der Waals surface area contributed by atoms with E-state index < -0.39 is 24.0 Å². The van der Waals surface area contributed by atoms with Gasteiger partial charge in [-0.2, -0.15) is 0 Å². The van der Waals surface area contributed by atoms with Gasteiger partial charge in [0, 0.05) is 28.5 Å². The first-order chi connectivity index (χ1) is 13.0. The number of pyridine rings is 1. The molecule has 0 aliphatic heterocycles. The molecule has 7 heteroatoms. The van der Waals surface area contributed by atoms with Crippen LogP contribution in [0.5, 0.6) is 0 Å². The number of benzene rings is 2. The topological polar surface area (TPSA) is 88.3 Å². The van der Waals surface area contributed by atoms with Crippen molar-refractivity contribution in [1.29, 1.82) is 0 Å². The Morgan fingerprint density at radius 1 is 1.07 bits per heavy atom. The second kappa shape index (κ2) is 8.51. The third-order valence-electron chi connectivity index (χ3n) is 3.93. The molecule has 1 amide bonds. The standard InChI is InChI=1S/C20H17ClN2O4/c21-14-5-3-4-13(10-14)8-9-22-19(25)12-27-20(26)16-11-18(24)23-17-7-2-1-6-15(16)17/h1-7,10-11H,8-9,12H2,(H,22,25)(H,23,24). The zero-order chi connectivity index (χ0) is 19.2. The second-order valence-corrected chi connectivity index (χ2v) is 6.34. The number of halogens is 1. The number of fused-ring (bicyclic) bond motifs is 1. The Hall–Kier alpha value is -3.12. The number of rotatable bonds is 6. The maximum absolute atomic E-state index is 12.3. The van der Waals surface area contributed by atoms with E-state index in [1.54, 1.807) is 30.3 Å². The number of H-pyrrole nitrogens is 1. The molecule has 0 unspecified atom stereocenters. The highest BCUT2D eigenvalue weighted by Crippen LogP contribution is 2.15. The lowest BCUT2D eigenvalue weighted by molar-refractivity contribution is -0.124. The second-order valence-electron chi connectivity index (χ2n) is 5.90. The molecule has 0 fully saturated rings. The minimum Gasteiger partial charge on any atom is -0.452 e. The first-order valence-corrected chi connectivity index (χ1v) is 8.71. The minimum absolute atomic E-state index is 0.126. The molecule has 1 aromatic heterocycles. The van der Waals surface area contributed by atoms with Crippen LogP contribution in [0.3, 0.4) is 0 Å². The number of amides is 1. The summed E-state index contributed by atoms with van der Waals surface area (Å²) >= 11 is 5.91. The van der Waals surface area contributed by atoms with Crippen molar-refractivity contribution in [2.45, 2.75) is 6.42 Å². The van der Waals surface area contributed by atoms with Crippen LogP contribution in [-0.4, -0.2) is 30.0 Å². The van der Waals surface area contributed by atoms with Crippen LogP contribution in [0.4, 0.5) is 0 Å². The normalized spacial score (nSPS) is 10.6. The third-order valence-corrected chi connectivity index (χ3v) is 4.16. The molecule has 0 aliphatic rings. The average molecular weight is 385 g/mol. The molecule has 27 heavy (non-hydrogen) atoms. The summed E-state index contributed by atoms with van der Waals surface area (Å²) in [6, 6.07) is 15.4. The van der Waals surface area contributed by atoms with Crippen LogP contribution in [0.1, 0.15) is 15.9 Å². The van der Waals surface area contributed by atoms with E-state index in [1.807, 2.05) is 18.2 Å². The summed E-state index contributed by atoms with van der Waals surface area (Å²) in [5.41, 5.74) is 1.24. The third kappa shape index (κ3) is 4.95. The van der Waals surface area contributed by atoms with Gasteiger partial charge in [0.15, 0.2) is 6.61 Å². The monoisotopic (exact) mass is 384 g/mol. The summed E-state index contributed by atoms with van der Waals surface area (Å²) in [4.78, 5) is 38.5. The molecule has 138 valence electrons. The van der Waals surface area contributed by atoms with Gasteiger partial charge in [-0.25, -0.2) is 4.79 Å². The molecule has 0 atom stereocenters. The van der Waals surface area contributed by atoms with Crippen molar-refractivity contribution in [2.24, 2.45) is 0 Å². The van der Waals surface area contributed by atoms with Crippen LogP contribution in [0.2, 0.25) is 5.02 Å². The molecular weight excluding hydrogens is 368 g/mol. The lowest BCUT2D eigenvalue weighted by Gasteiger charge is -2.08. The first-order valence-electron chi connectivity index (χ1n) is 8.33. The fourth-order valence-electron chi connectivity index (χ4n) is 2.67. The lowest BCUT2D eigenvalue weighted by Crippen LogP contribution is -2.30. The number of aromatic nitrogens is 1. The van der Waals surface area contributed by atoms with Gasteiger partial charge in [-0.1, -0.05) is 41.9 Å². The molecule has 3 rings (SSSR count). The number of hydrogen-bond acceptors (Lipinski definition) is 4. The maximum atomic E-state index is 12.3. The van der Waals surface area contributed by atoms with E-state index in [1.165, 1.54) is 6.07 Å². The zero-order valence-electron chi connectivity index (χ0n) is 14.3. The molecule has 0 saturated carbocycles. The van der Waals surface area contributed by atoms with Gasteiger partial charge in [0.05, 0.1) is 5.56 Å². The summed E-state index contributed by atoms with van der Waals surface area (Å²) in [6.45, 7) is -0.0276. The van der Waals surface area contributed by atoms with Crippen LogP contribution < -0.4 is 10.9 Å². The van der Waals surface area contributed by atoms with Crippen LogP contribution >= 0.6 is 11.6 Å². The van der Waals surface area contributed by atoms with Gasteiger partial charge in [-0.3, -0.25) is 9.59 Å². The summed E-state index contributed by atoms with van der Waals surface area (Å²) < 4.78 is 5.05. The number of carbonyl (C=O) groups excluding carboxylic acids is 2. The first kappa shape index (κ1) is 18.7. The number of esters is 1. The maximum Gasteiger partial charge on any atom is 0.339 e. The fraction of sp³-hybridized carbons (Fsp3) is 0.150. The van der Waals surface area contributed by atoms with Crippen LogP contribution in [0, 0.1) is 0 Å². The van der Waals surface area contributed by atoms with E-state index in [0.29, 0.717) is 28.9 Å². The molecule has 0 saturated heterocycles. The van der Waals surface area contributed by atoms with Gasteiger partial charge >= 0.3 is 5.97 Å². The Labute approximate surface area is 160 Å². The van der Waals surface area contributed by atoms with Crippen LogP contribution in [0.25, 0.3) is 10.9 Å². The highest BCUT2D eigenvalue weighted by atomic mass is 35.5. The number of para-hydroxylation sites is 1. The van der Waals surface area contributed by atoms with E-state index in [-0.39, 0.29) is 5.56 Å². The van der Waals surface area contributed by atoms with Crippen molar-refractivity contribution in [2.75, 3.05) is 13.2 Å². The molecule has 0 spiro atoms. The van der Waals surface area contributed by atoms with E-state index in [4.69, 9.17) is 16.3 Å². The Kier molecular flexibility index (Phi) is 5.88. The number of hydrogen-bond donors (Lipinski definition) is 2. The van der Waals surface area contributed by atoms with Crippen molar-refractivity contribution in [3.8, 4) is 0 Å². The Morgan fingerprint density at radius 2 is 1.89 bits per heavy atom. The largest absolute Gasteiger partial charge is 0.452 e. The predicted molar refractivity (Wildman–Crippen MR) is 103 cm³/mol. The molecule has 0 radical (unpaired) electrons. The summed E-state index contributed by atoms with van der Waals surface area (Å²) in [7, 11) is 0. The summed E-state index contributed by atoms with van der Waals surface area (Å²) in [5, 5.41) is 3.87. The van der Waals surface area contributed by atoms with E-state index >= 15 is 0 Å². The molecule has 2 N–H and O–H groups in total. The number of aromatic amines is 1. The summed E-state index contributed by atoms with van der Waals surface area (Å²) in [5.74, 6) is -1.14. The number of ether oxygens (including phenoxy) is 1. The van der Waals surface area contributed by atoms with Gasteiger partial charge in [0.2, 0.25) is 5.56 Å². The van der Waals surface area contributed by atoms with Crippen LogP contribution in [0.15, 0.2) is 59.4 Å². The van der Waals surface area contributed by atoms with Crippen molar-refractivity contribution in [3.05, 3.63) is 81.1 Å². The van der Waals surface area contributed by atoms with Gasteiger partial charge in [0.1, 0.15) is 0 Å². The molecule has 1 heterocycles. The van der Waals surface area contributed by atoms with Gasteiger partial charge in [-0.05, 0) is 30.2 Å². The number of carbonyl (C=O) groups is 2. The Bertz CT molecular complexity index is 1050. The molecule has 0 bridgehead atoms. The van der Waals surface area contributed by atoms with E-state index in [0.717, 1.165) is 5.56 Å². The predicted octanol–water partition coefficient (Wildman–Crippen LogP) is 2.70. The fourth-order valence-corrected chi connectivity index (χ4v) is 2.89. The Balaban J connectivity index is 1.55. The average Bonchev–Trinajstić information content (AvgIpc) is 2.65. The highest BCUT2D eigenvalue weighted by Gasteiger charge is 2.14. The molecule has 2 aromatic carbocycles. The van der Waals surface area contributed by atoms with Gasteiger partial charge < -0.3 is 15.0 Å².